The molecule has 1 aliphatic rings. The molecule has 1 aromatic carbocycles. The third-order valence-electron chi connectivity index (χ3n) is 4.28. The lowest BCUT2D eigenvalue weighted by Gasteiger charge is -2.37. The molecule has 0 radical (unpaired) electrons. The number of nitrogens with zero attached hydrogens (tertiary/aromatic N) is 3. The molecular formula is C16H22ClN3O4. The summed E-state index contributed by atoms with van der Waals surface area (Å²) in [6, 6.07) is 4.07. The van der Waals surface area contributed by atoms with E-state index in [9.17, 15) is 20.0 Å². The highest BCUT2D eigenvalue weighted by Gasteiger charge is 2.30. The second kappa shape index (κ2) is 7.46. The van der Waals surface area contributed by atoms with Gasteiger partial charge in [0.2, 0.25) is 5.24 Å². The smallest absolute Gasteiger partial charge is 0.270 e. The number of halogens is 1. The molecule has 0 atom stereocenters. The maximum Gasteiger partial charge on any atom is 0.270 e. The molecular weight excluding hydrogens is 334 g/mol. The molecule has 1 saturated heterocycles. The fraction of sp³-hybridized carbons (Fsp3) is 0.562. The van der Waals surface area contributed by atoms with E-state index >= 15 is 0 Å². The molecule has 0 spiro atoms. The molecule has 1 N–H and O–H groups in total. The Balaban J connectivity index is 1.93. The van der Waals surface area contributed by atoms with Gasteiger partial charge >= 0.3 is 0 Å². The van der Waals surface area contributed by atoms with Crippen LogP contribution < -0.4 is 0 Å². The van der Waals surface area contributed by atoms with Crippen molar-refractivity contribution in [3.8, 4) is 5.75 Å². The zero-order chi connectivity index (χ0) is 17.9. The first-order chi connectivity index (χ1) is 11.2. The van der Waals surface area contributed by atoms with Gasteiger partial charge in [0.25, 0.3) is 5.69 Å². The number of nitro groups is 1. The lowest BCUT2D eigenvalue weighted by atomic mass is 9.94. The second-order valence-electron chi connectivity index (χ2n) is 6.78. The van der Waals surface area contributed by atoms with Crippen molar-refractivity contribution in [1.82, 2.24) is 9.80 Å². The standard InChI is InChI=1S/C16H22ClN3O4/c1-16(2,15(17)22)11-19-7-5-18(6-8-19)10-12-9-13(20(23)24)3-4-14(12)21/h3-4,9,21H,5-8,10-11H2,1-2H3. The minimum Gasteiger partial charge on any atom is -0.508 e. The summed E-state index contributed by atoms with van der Waals surface area (Å²) in [5.74, 6) is 0.0666. The molecule has 1 aliphatic heterocycles. The number of non-ortho nitro benzene ring substituents is 1. The first-order valence-electron chi connectivity index (χ1n) is 7.80. The number of hydrogen-bond acceptors (Lipinski definition) is 6. The van der Waals surface area contributed by atoms with E-state index in [1.54, 1.807) is 0 Å². The van der Waals surface area contributed by atoms with E-state index in [1.807, 2.05) is 13.8 Å². The number of carbonyl (C=O) groups is 1. The van der Waals surface area contributed by atoms with Gasteiger partial charge in [0, 0.05) is 57.0 Å². The van der Waals surface area contributed by atoms with Crippen LogP contribution in [-0.4, -0.2) is 57.8 Å². The molecule has 8 heteroatoms. The third kappa shape index (κ3) is 4.66. The summed E-state index contributed by atoms with van der Waals surface area (Å²) in [7, 11) is 0. The number of carbonyl (C=O) groups excluding carboxylic acids is 1. The van der Waals surface area contributed by atoms with Crippen molar-refractivity contribution in [2.45, 2.75) is 20.4 Å². The maximum absolute atomic E-state index is 11.4. The molecule has 0 aromatic heterocycles. The molecule has 0 saturated carbocycles. The van der Waals surface area contributed by atoms with E-state index in [0.717, 1.165) is 26.2 Å². The van der Waals surface area contributed by atoms with E-state index in [1.165, 1.54) is 18.2 Å². The number of phenolic OH excluding ortho intramolecular Hbond substituents is 1. The Hall–Kier alpha value is -1.70. The molecule has 0 bridgehead atoms. The summed E-state index contributed by atoms with van der Waals surface area (Å²) < 4.78 is 0. The van der Waals surface area contributed by atoms with Crippen LogP contribution in [0.1, 0.15) is 19.4 Å². The van der Waals surface area contributed by atoms with Crippen molar-refractivity contribution < 1.29 is 14.8 Å². The number of nitro benzene ring substituents is 1. The van der Waals surface area contributed by atoms with Crippen LogP contribution in [-0.2, 0) is 11.3 Å². The SMILES string of the molecule is CC(C)(CN1CCN(Cc2cc([N+](=O)[O-])ccc2O)CC1)C(=O)Cl. The van der Waals surface area contributed by atoms with Crippen LogP contribution in [0.25, 0.3) is 0 Å². The Morgan fingerprint density at radius 2 is 1.88 bits per heavy atom. The monoisotopic (exact) mass is 355 g/mol. The van der Waals surface area contributed by atoms with Gasteiger partial charge < -0.3 is 5.11 Å². The molecule has 1 fully saturated rings. The van der Waals surface area contributed by atoms with E-state index < -0.39 is 10.3 Å². The molecule has 24 heavy (non-hydrogen) atoms. The Bertz CT molecular complexity index is 628. The van der Waals surface area contributed by atoms with E-state index in [4.69, 9.17) is 11.6 Å². The minimum atomic E-state index is -0.581. The highest BCUT2D eigenvalue weighted by Crippen LogP contribution is 2.25. The van der Waals surface area contributed by atoms with Crippen LogP contribution in [0, 0.1) is 15.5 Å². The normalized spacial score (nSPS) is 17.0. The van der Waals surface area contributed by atoms with E-state index in [2.05, 4.69) is 9.80 Å². The number of rotatable bonds is 6. The number of hydrogen-bond donors (Lipinski definition) is 1. The molecule has 1 heterocycles. The predicted octanol–water partition coefficient (Wildman–Crippen LogP) is 2.21. The first kappa shape index (κ1) is 18.6. The van der Waals surface area contributed by atoms with Crippen LogP contribution in [0.2, 0.25) is 0 Å². The quantitative estimate of drug-likeness (QED) is 0.478. The van der Waals surface area contributed by atoms with Gasteiger partial charge in [-0.15, -0.1) is 0 Å². The fourth-order valence-corrected chi connectivity index (χ4v) is 2.84. The van der Waals surface area contributed by atoms with Crippen molar-refractivity contribution in [1.29, 1.82) is 0 Å². The summed E-state index contributed by atoms with van der Waals surface area (Å²) in [6.07, 6.45) is 0. The van der Waals surface area contributed by atoms with Crippen LogP contribution in [0.4, 0.5) is 5.69 Å². The summed E-state index contributed by atoms with van der Waals surface area (Å²) >= 11 is 5.62. The topological polar surface area (TPSA) is 86.9 Å². The van der Waals surface area contributed by atoms with Crippen LogP contribution in [0.15, 0.2) is 18.2 Å². The van der Waals surface area contributed by atoms with Gasteiger partial charge in [-0.25, -0.2) is 0 Å². The summed E-state index contributed by atoms with van der Waals surface area (Å²) in [6.45, 7) is 7.80. The molecule has 132 valence electrons. The number of piperazine rings is 1. The van der Waals surface area contributed by atoms with Crippen molar-refractivity contribution in [3.63, 3.8) is 0 Å². The third-order valence-corrected chi connectivity index (χ3v) is 4.80. The van der Waals surface area contributed by atoms with Gasteiger partial charge in [-0.2, -0.15) is 0 Å². The van der Waals surface area contributed by atoms with Crippen molar-refractivity contribution in [2.75, 3.05) is 32.7 Å². The largest absolute Gasteiger partial charge is 0.508 e. The zero-order valence-electron chi connectivity index (χ0n) is 13.9. The summed E-state index contributed by atoms with van der Waals surface area (Å²) in [5.41, 5.74) is -0.0556. The van der Waals surface area contributed by atoms with E-state index in [0.29, 0.717) is 18.7 Å². The summed E-state index contributed by atoms with van der Waals surface area (Å²) in [4.78, 5) is 26.1. The van der Waals surface area contributed by atoms with Gasteiger partial charge in [-0.1, -0.05) is 13.8 Å². The maximum atomic E-state index is 11.4. The lowest BCUT2D eigenvalue weighted by Crippen LogP contribution is -2.49. The first-order valence-corrected chi connectivity index (χ1v) is 8.18. The van der Waals surface area contributed by atoms with Crippen molar-refractivity contribution in [3.05, 3.63) is 33.9 Å². The lowest BCUT2D eigenvalue weighted by molar-refractivity contribution is -0.385. The van der Waals surface area contributed by atoms with Crippen LogP contribution >= 0.6 is 11.6 Å². The average molecular weight is 356 g/mol. The molecule has 0 unspecified atom stereocenters. The predicted molar refractivity (Wildman–Crippen MR) is 91.1 cm³/mol. The Morgan fingerprint density at radius 1 is 1.29 bits per heavy atom. The minimum absolute atomic E-state index is 0.0242. The summed E-state index contributed by atoms with van der Waals surface area (Å²) in [5, 5.41) is 20.4. The van der Waals surface area contributed by atoms with Crippen LogP contribution in [0.5, 0.6) is 5.75 Å². The van der Waals surface area contributed by atoms with Crippen molar-refractivity contribution in [2.24, 2.45) is 5.41 Å². The highest BCUT2D eigenvalue weighted by atomic mass is 35.5. The number of aromatic hydroxyl groups is 1. The Labute approximate surface area is 146 Å². The van der Waals surface area contributed by atoms with Crippen molar-refractivity contribution >= 4 is 22.5 Å². The zero-order valence-corrected chi connectivity index (χ0v) is 14.6. The highest BCUT2D eigenvalue weighted by molar-refractivity contribution is 6.64. The Morgan fingerprint density at radius 3 is 2.42 bits per heavy atom. The molecule has 0 aliphatic carbocycles. The number of phenols is 1. The average Bonchev–Trinajstić information content (AvgIpc) is 2.50. The molecule has 0 amide bonds. The van der Waals surface area contributed by atoms with E-state index in [-0.39, 0.29) is 16.7 Å². The van der Waals surface area contributed by atoms with Gasteiger partial charge in [-0.05, 0) is 17.7 Å². The fourth-order valence-electron chi connectivity index (χ4n) is 2.78. The second-order valence-corrected chi connectivity index (χ2v) is 7.12. The van der Waals surface area contributed by atoms with Crippen LogP contribution in [0.3, 0.4) is 0 Å². The van der Waals surface area contributed by atoms with Gasteiger partial charge in [0.05, 0.1) is 10.3 Å². The molecule has 2 rings (SSSR count). The van der Waals surface area contributed by atoms with Gasteiger partial charge in [0.15, 0.2) is 0 Å². The number of benzene rings is 1. The van der Waals surface area contributed by atoms with Gasteiger partial charge in [0.1, 0.15) is 5.75 Å². The Kier molecular flexibility index (Phi) is 5.79. The molecule has 7 nitrogen and oxygen atoms in total. The van der Waals surface area contributed by atoms with Gasteiger partial charge in [-0.3, -0.25) is 24.7 Å². The molecule has 1 aromatic rings.